The first-order valence-corrected chi connectivity index (χ1v) is 6.27. The molecule has 0 bridgehead atoms. The van der Waals surface area contributed by atoms with Gasteiger partial charge in [-0.3, -0.25) is 0 Å². The summed E-state index contributed by atoms with van der Waals surface area (Å²) in [7, 11) is 0. The maximum Gasteiger partial charge on any atom is 0.416 e. The molecule has 0 aliphatic rings. The average molecular weight is 272 g/mol. The van der Waals surface area contributed by atoms with E-state index in [9.17, 15) is 18.3 Å². The minimum atomic E-state index is -4.38. The zero-order chi connectivity index (χ0) is 13.2. The number of alkyl halides is 3. The molecule has 1 N–H and O–H groups in total. The Bertz CT molecular complexity index is 505. The van der Waals surface area contributed by atoms with Crippen LogP contribution in [0.2, 0.25) is 0 Å². The molecule has 96 valence electrons. The van der Waals surface area contributed by atoms with Crippen LogP contribution >= 0.6 is 11.3 Å². The Morgan fingerprint density at radius 1 is 1.22 bits per heavy atom. The van der Waals surface area contributed by atoms with Crippen molar-refractivity contribution in [1.29, 1.82) is 0 Å². The normalized spacial score (nSPS) is 13.6. The Morgan fingerprint density at radius 3 is 2.61 bits per heavy atom. The number of halogens is 3. The first kappa shape index (κ1) is 13.1. The molecule has 18 heavy (non-hydrogen) atoms. The maximum atomic E-state index is 12.5. The van der Waals surface area contributed by atoms with Crippen LogP contribution in [0.1, 0.15) is 22.8 Å². The third kappa shape index (κ3) is 3.11. The number of aliphatic hydroxyl groups excluding tert-OH is 1. The Morgan fingerprint density at radius 2 is 2.00 bits per heavy atom. The predicted octanol–water partition coefficient (Wildman–Crippen LogP) is 4.04. The smallest absolute Gasteiger partial charge is 0.388 e. The highest BCUT2D eigenvalue weighted by atomic mass is 32.1. The summed E-state index contributed by atoms with van der Waals surface area (Å²) in [5.74, 6) is 0. The molecule has 1 nitrogen and oxygen atoms in total. The van der Waals surface area contributed by atoms with Gasteiger partial charge in [0.2, 0.25) is 0 Å². The number of rotatable bonds is 3. The molecule has 0 saturated heterocycles. The third-order valence-electron chi connectivity index (χ3n) is 2.61. The van der Waals surface area contributed by atoms with Crippen molar-refractivity contribution in [2.45, 2.75) is 18.7 Å². The summed E-state index contributed by atoms with van der Waals surface area (Å²) in [5.41, 5.74) is 0.477. The summed E-state index contributed by atoms with van der Waals surface area (Å²) < 4.78 is 37.6. The predicted molar refractivity (Wildman–Crippen MR) is 64.4 cm³/mol. The molecule has 2 rings (SSSR count). The first-order valence-electron chi connectivity index (χ1n) is 5.33. The highest BCUT2D eigenvalue weighted by Gasteiger charge is 2.30. The van der Waals surface area contributed by atoms with Crippen molar-refractivity contribution in [3.63, 3.8) is 0 Å². The summed E-state index contributed by atoms with van der Waals surface area (Å²) in [5, 5.41) is 13.7. The molecule has 1 aromatic carbocycles. The van der Waals surface area contributed by atoms with E-state index in [4.69, 9.17) is 0 Å². The zero-order valence-electron chi connectivity index (χ0n) is 9.32. The Kier molecular flexibility index (Phi) is 3.73. The highest BCUT2D eigenvalue weighted by Crippen LogP contribution is 2.31. The fourth-order valence-electron chi connectivity index (χ4n) is 1.67. The molecular formula is C13H11F3OS. The van der Waals surface area contributed by atoms with Crippen molar-refractivity contribution in [3.05, 3.63) is 57.8 Å². The topological polar surface area (TPSA) is 20.2 Å². The van der Waals surface area contributed by atoms with Crippen LogP contribution in [0, 0.1) is 0 Å². The highest BCUT2D eigenvalue weighted by molar-refractivity contribution is 7.07. The molecule has 0 aliphatic heterocycles. The molecule has 1 aromatic heterocycles. The second kappa shape index (κ2) is 5.12. The molecule has 5 heteroatoms. The number of thiophene rings is 1. The van der Waals surface area contributed by atoms with E-state index in [1.54, 1.807) is 0 Å². The second-order valence-corrected chi connectivity index (χ2v) is 4.75. The Balaban J connectivity index is 2.18. The molecule has 1 atom stereocenters. The van der Waals surface area contributed by atoms with E-state index in [1.807, 2.05) is 16.8 Å². The van der Waals surface area contributed by atoms with Gasteiger partial charge in [-0.1, -0.05) is 12.1 Å². The standard InChI is InChI=1S/C13H11F3OS/c14-13(15,16)11-3-1-2-10(7-11)12(17)6-9-4-5-18-8-9/h1-5,7-8,12,17H,6H2. The van der Waals surface area contributed by atoms with Gasteiger partial charge in [0.1, 0.15) is 0 Å². The van der Waals surface area contributed by atoms with Crippen molar-refractivity contribution in [2.24, 2.45) is 0 Å². The summed E-state index contributed by atoms with van der Waals surface area (Å²) in [4.78, 5) is 0. The number of benzene rings is 1. The molecule has 0 saturated carbocycles. The van der Waals surface area contributed by atoms with Gasteiger partial charge in [-0.05, 0) is 40.1 Å². The first-order chi connectivity index (χ1) is 8.47. The Hall–Kier alpha value is -1.33. The van der Waals surface area contributed by atoms with E-state index < -0.39 is 17.8 Å². The van der Waals surface area contributed by atoms with Crippen LogP contribution in [-0.2, 0) is 12.6 Å². The lowest BCUT2D eigenvalue weighted by Crippen LogP contribution is -2.07. The largest absolute Gasteiger partial charge is 0.416 e. The number of hydrogen-bond acceptors (Lipinski definition) is 2. The van der Waals surface area contributed by atoms with Gasteiger partial charge in [0.05, 0.1) is 11.7 Å². The summed E-state index contributed by atoms with van der Waals surface area (Å²) in [6, 6.07) is 6.67. The number of aliphatic hydroxyl groups is 1. The van der Waals surface area contributed by atoms with Gasteiger partial charge in [-0.15, -0.1) is 0 Å². The molecule has 1 heterocycles. The van der Waals surface area contributed by atoms with Gasteiger partial charge in [-0.25, -0.2) is 0 Å². The minimum Gasteiger partial charge on any atom is -0.388 e. The van der Waals surface area contributed by atoms with Crippen LogP contribution in [0.4, 0.5) is 13.2 Å². The van der Waals surface area contributed by atoms with E-state index in [0.29, 0.717) is 6.42 Å². The SMILES string of the molecule is OC(Cc1ccsc1)c1cccc(C(F)(F)F)c1. The Labute approximate surface area is 107 Å². The molecular weight excluding hydrogens is 261 g/mol. The molecule has 1 unspecified atom stereocenters. The van der Waals surface area contributed by atoms with Crippen molar-refractivity contribution in [1.82, 2.24) is 0 Å². The lowest BCUT2D eigenvalue weighted by molar-refractivity contribution is -0.137. The van der Waals surface area contributed by atoms with Gasteiger partial charge in [-0.2, -0.15) is 24.5 Å². The molecule has 2 aromatic rings. The van der Waals surface area contributed by atoms with Crippen LogP contribution in [0.15, 0.2) is 41.1 Å². The van der Waals surface area contributed by atoms with Crippen molar-refractivity contribution in [3.8, 4) is 0 Å². The molecule has 0 fully saturated rings. The van der Waals surface area contributed by atoms with Gasteiger partial charge >= 0.3 is 6.18 Å². The molecule has 0 spiro atoms. The van der Waals surface area contributed by atoms with Crippen molar-refractivity contribution >= 4 is 11.3 Å². The average Bonchev–Trinajstić information content (AvgIpc) is 2.81. The second-order valence-electron chi connectivity index (χ2n) is 3.97. The van der Waals surface area contributed by atoms with Crippen LogP contribution in [0.3, 0.4) is 0 Å². The fraction of sp³-hybridized carbons (Fsp3) is 0.231. The van der Waals surface area contributed by atoms with Crippen LogP contribution < -0.4 is 0 Å². The summed E-state index contributed by atoms with van der Waals surface area (Å²) in [6.45, 7) is 0. The van der Waals surface area contributed by atoms with Crippen LogP contribution in [-0.4, -0.2) is 5.11 Å². The lowest BCUT2D eigenvalue weighted by Gasteiger charge is -2.13. The van der Waals surface area contributed by atoms with Gasteiger partial charge in [0.25, 0.3) is 0 Å². The van der Waals surface area contributed by atoms with Crippen molar-refractivity contribution in [2.75, 3.05) is 0 Å². The van der Waals surface area contributed by atoms with Crippen molar-refractivity contribution < 1.29 is 18.3 Å². The van der Waals surface area contributed by atoms with Gasteiger partial charge < -0.3 is 5.11 Å². The minimum absolute atomic E-state index is 0.288. The van der Waals surface area contributed by atoms with Crippen LogP contribution in [0.5, 0.6) is 0 Å². The molecule has 0 aliphatic carbocycles. The van der Waals surface area contributed by atoms with Crippen LogP contribution in [0.25, 0.3) is 0 Å². The monoisotopic (exact) mass is 272 g/mol. The van der Waals surface area contributed by atoms with E-state index in [2.05, 4.69) is 0 Å². The third-order valence-corrected chi connectivity index (χ3v) is 3.34. The molecule has 0 radical (unpaired) electrons. The van der Waals surface area contributed by atoms with E-state index in [1.165, 1.54) is 23.5 Å². The zero-order valence-corrected chi connectivity index (χ0v) is 10.1. The summed E-state index contributed by atoms with van der Waals surface area (Å²) >= 11 is 1.49. The van der Waals surface area contributed by atoms with E-state index in [0.717, 1.165) is 17.7 Å². The maximum absolute atomic E-state index is 12.5. The van der Waals surface area contributed by atoms with Gasteiger partial charge in [0.15, 0.2) is 0 Å². The quantitative estimate of drug-likeness (QED) is 0.894. The summed E-state index contributed by atoms with van der Waals surface area (Å²) in [6.07, 6.45) is -4.97. The van der Waals surface area contributed by atoms with Gasteiger partial charge in [0, 0.05) is 6.42 Å². The number of hydrogen-bond donors (Lipinski definition) is 1. The van der Waals surface area contributed by atoms with E-state index >= 15 is 0 Å². The molecule has 0 amide bonds. The lowest BCUT2D eigenvalue weighted by atomic mass is 10.0. The van der Waals surface area contributed by atoms with E-state index in [-0.39, 0.29) is 5.56 Å². The fourth-order valence-corrected chi connectivity index (χ4v) is 2.35.